The minimum atomic E-state index is -0.517. The molecule has 2 aliphatic heterocycles. The predicted molar refractivity (Wildman–Crippen MR) is 141 cm³/mol. The number of nitrogens with one attached hydrogen (secondary N) is 1. The third kappa shape index (κ3) is 5.18. The first kappa shape index (κ1) is 25.2. The molecule has 1 amide bonds. The lowest BCUT2D eigenvalue weighted by molar-refractivity contribution is 0.0214. The summed E-state index contributed by atoms with van der Waals surface area (Å²) in [4.78, 5) is 31.2. The number of nitrogens with zero attached hydrogens (tertiary/aromatic N) is 7. The van der Waals surface area contributed by atoms with E-state index in [-0.39, 0.29) is 18.2 Å². The molecular formula is C26H36N8O3. The third-order valence-corrected chi connectivity index (χ3v) is 6.68. The molecule has 0 saturated carbocycles. The van der Waals surface area contributed by atoms with Crippen LogP contribution in [0.1, 0.15) is 45.4 Å². The number of rotatable bonds is 7. The van der Waals surface area contributed by atoms with Gasteiger partial charge in [0.05, 0.1) is 30.9 Å². The fourth-order valence-electron chi connectivity index (χ4n) is 5.01. The van der Waals surface area contributed by atoms with Gasteiger partial charge in [-0.05, 0) is 59.6 Å². The summed E-state index contributed by atoms with van der Waals surface area (Å²) in [6.45, 7) is 14.7. The number of likely N-dealkylation sites (tertiary alicyclic amines) is 1. The topological polar surface area (TPSA) is 111 Å². The third-order valence-electron chi connectivity index (χ3n) is 6.68. The molecule has 0 spiro atoms. The maximum absolute atomic E-state index is 12.7. The van der Waals surface area contributed by atoms with Crippen LogP contribution in [0.2, 0.25) is 0 Å². The van der Waals surface area contributed by atoms with Crippen LogP contribution >= 0.6 is 0 Å². The fraction of sp³-hybridized carbons (Fsp3) is 0.577. The van der Waals surface area contributed by atoms with Crippen LogP contribution in [0.25, 0.3) is 11.0 Å². The molecule has 198 valence electrons. The Hall–Kier alpha value is -3.47. The van der Waals surface area contributed by atoms with E-state index in [0.29, 0.717) is 50.4 Å². The van der Waals surface area contributed by atoms with Gasteiger partial charge in [-0.3, -0.25) is 4.68 Å². The monoisotopic (exact) mass is 508 g/mol. The van der Waals surface area contributed by atoms with Gasteiger partial charge in [0, 0.05) is 25.9 Å². The van der Waals surface area contributed by atoms with Crippen LogP contribution in [-0.2, 0) is 16.0 Å². The van der Waals surface area contributed by atoms with Crippen LogP contribution in [0, 0.1) is 13.8 Å². The standard InChI is InChI=1S/C26H36N8O3/c1-7-36-11-10-34-22-21(17(3)31-34)29-24(30-23(22)28-20-9-8-16(2)13-27-20)32-14-19-12-18(32)15-33(19)25(35)37-26(4,5)6/h8-9,13,18-19H,7,10-12,14-15H2,1-6H3,(H,27,28,29,30)/t18-,19-/m0/s1. The molecule has 0 radical (unpaired) electrons. The fourth-order valence-corrected chi connectivity index (χ4v) is 5.01. The van der Waals surface area contributed by atoms with Gasteiger partial charge in [0.15, 0.2) is 5.82 Å². The highest BCUT2D eigenvalue weighted by atomic mass is 16.6. The highest BCUT2D eigenvalue weighted by Gasteiger charge is 2.47. The molecule has 11 heteroatoms. The van der Waals surface area contributed by atoms with Crippen LogP contribution in [0.15, 0.2) is 18.3 Å². The average Bonchev–Trinajstić information content (AvgIpc) is 3.53. The number of hydrogen-bond donors (Lipinski definition) is 1. The summed E-state index contributed by atoms with van der Waals surface area (Å²) < 4.78 is 13.1. The van der Waals surface area contributed by atoms with Crippen LogP contribution in [0.5, 0.6) is 0 Å². The number of piperazine rings is 1. The normalized spacial score (nSPS) is 19.2. The smallest absolute Gasteiger partial charge is 0.410 e. The number of ether oxygens (including phenoxy) is 2. The number of aromatic nitrogens is 5. The molecule has 37 heavy (non-hydrogen) atoms. The lowest BCUT2D eigenvalue weighted by atomic mass is 10.2. The number of fused-ring (bicyclic) bond motifs is 3. The van der Waals surface area contributed by atoms with E-state index in [1.54, 1.807) is 0 Å². The molecule has 2 fully saturated rings. The Labute approximate surface area is 217 Å². The van der Waals surface area contributed by atoms with Crippen molar-refractivity contribution >= 4 is 34.7 Å². The Morgan fingerprint density at radius 1 is 1.16 bits per heavy atom. The van der Waals surface area contributed by atoms with Crippen molar-refractivity contribution in [1.82, 2.24) is 29.6 Å². The van der Waals surface area contributed by atoms with Gasteiger partial charge >= 0.3 is 6.09 Å². The Kier molecular flexibility index (Phi) is 6.65. The molecule has 2 atom stereocenters. The minimum Gasteiger partial charge on any atom is -0.444 e. The van der Waals surface area contributed by atoms with E-state index in [9.17, 15) is 4.79 Å². The van der Waals surface area contributed by atoms with Crippen LogP contribution in [-0.4, -0.2) is 79.7 Å². The molecule has 2 saturated heterocycles. The number of hydrogen-bond acceptors (Lipinski definition) is 9. The number of amides is 1. The van der Waals surface area contributed by atoms with Crippen LogP contribution in [0.3, 0.4) is 0 Å². The molecule has 5 heterocycles. The van der Waals surface area contributed by atoms with Crippen molar-refractivity contribution in [3.05, 3.63) is 29.6 Å². The maximum Gasteiger partial charge on any atom is 0.410 e. The quantitative estimate of drug-likeness (QED) is 0.476. The van der Waals surface area contributed by atoms with E-state index in [2.05, 4.69) is 15.2 Å². The lowest BCUT2D eigenvalue weighted by Gasteiger charge is -2.35. The Morgan fingerprint density at radius 2 is 1.97 bits per heavy atom. The zero-order chi connectivity index (χ0) is 26.3. The first-order valence-electron chi connectivity index (χ1n) is 12.9. The van der Waals surface area contributed by atoms with Gasteiger partial charge in [0.25, 0.3) is 0 Å². The summed E-state index contributed by atoms with van der Waals surface area (Å²) in [5, 5.41) is 8.15. The van der Waals surface area contributed by atoms with Gasteiger partial charge in [0.2, 0.25) is 5.95 Å². The number of carbonyl (C=O) groups excluding carboxylic acids is 1. The van der Waals surface area contributed by atoms with Crippen molar-refractivity contribution in [2.24, 2.45) is 0 Å². The second-order valence-electron chi connectivity index (χ2n) is 10.7. The van der Waals surface area contributed by atoms with Gasteiger partial charge in [-0.2, -0.15) is 10.1 Å². The molecule has 3 aromatic heterocycles. The van der Waals surface area contributed by atoms with Crippen molar-refractivity contribution < 1.29 is 14.3 Å². The van der Waals surface area contributed by atoms with Crippen molar-refractivity contribution in [2.45, 2.75) is 72.2 Å². The lowest BCUT2D eigenvalue weighted by Crippen LogP contribution is -2.50. The summed E-state index contributed by atoms with van der Waals surface area (Å²) in [6, 6.07) is 4.16. The number of pyridine rings is 1. The molecule has 3 aromatic rings. The zero-order valence-corrected chi connectivity index (χ0v) is 22.5. The van der Waals surface area contributed by atoms with Gasteiger partial charge in [0.1, 0.15) is 22.5 Å². The predicted octanol–water partition coefficient (Wildman–Crippen LogP) is 3.82. The molecule has 0 unspecified atom stereocenters. The van der Waals surface area contributed by atoms with Gasteiger partial charge < -0.3 is 24.6 Å². The van der Waals surface area contributed by atoms with Crippen LogP contribution < -0.4 is 10.2 Å². The Balaban J connectivity index is 1.46. The molecule has 2 aliphatic rings. The molecular weight excluding hydrogens is 472 g/mol. The first-order valence-corrected chi connectivity index (χ1v) is 12.9. The van der Waals surface area contributed by atoms with Gasteiger partial charge in [-0.15, -0.1) is 0 Å². The molecule has 5 rings (SSSR count). The summed E-state index contributed by atoms with van der Waals surface area (Å²) in [5.41, 5.74) is 3.01. The Morgan fingerprint density at radius 3 is 2.62 bits per heavy atom. The van der Waals surface area contributed by atoms with Gasteiger partial charge in [-0.25, -0.2) is 14.8 Å². The second kappa shape index (κ2) is 9.77. The molecule has 11 nitrogen and oxygen atoms in total. The number of aryl methyl sites for hydroxylation is 2. The van der Waals surface area contributed by atoms with E-state index in [0.717, 1.165) is 28.7 Å². The average molecular weight is 509 g/mol. The van der Waals surface area contributed by atoms with Crippen molar-refractivity contribution in [3.8, 4) is 0 Å². The number of anilines is 3. The SMILES string of the molecule is CCOCCn1nc(C)c2nc(N3C[C@@H]4C[C@H]3CN4C(=O)OC(C)(C)C)nc(Nc3ccc(C)cn3)c21. The van der Waals surface area contributed by atoms with Crippen molar-refractivity contribution in [1.29, 1.82) is 0 Å². The highest BCUT2D eigenvalue weighted by molar-refractivity contribution is 5.90. The summed E-state index contributed by atoms with van der Waals surface area (Å²) in [7, 11) is 0. The summed E-state index contributed by atoms with van der Waals surface area (Å²) in [5.74, 6) is 1.98. The number of carbonyl (C=O) groups is 1. The van der Waals surface area contributed by atoms with E-state index >= 15 is 0 Å². The van der Waals surface area contributed by atoms with E-state index in [4.69, 9.17) is 24.5 Å². The second-order valence-corrected chi connectivity index (χ2v) is 10.7. The van der Waals surface area contributed by atoms with E-state index in [1.165, 1.54) is 0 Å². The van der Waals surface area contributed by atoms with Crippen molar-refractivity contribution in [3.63, 3.8) is 0 Å². The zero-order valence-electron chi connectivity index (χ0n) is 22.5. The summed E-state index contributed by atoms with van der Waals surface area (Å²) in [6.07, 6.45) is 2.44. The Bertz CT molecular complexity index is 1280. The van der Waals surface area contributed by atoms with Gasteiger partial charge in [-0.1, -0.05) is 6.07 Å². The van der Waals surface area contributed by atoms with E-state index < -0.39 is 5.60 Å². The molecule has 0 aromatic carbocycles. The maximum atomic E-state index is 12.7. The first-order chi connectivity index (χ1) is 17.6. The largest absolute Gasteiger partial charge is 0.444 e. The summed E-state index contributed by atoms with van der Waals surface area (Å²) >= 11 is 0. The van der Waals surface area contributed by atoms with Crippen molar-refractivity contribution in [2.75, 3.05) is 36.5 Å². The highest BCUT2D eigenvalue weighted by Crippen LogP contribution is 2.36. The minimum absolute atomic E-state index is 0.0735. The molecule has 2 bridgehead atoms. The van der Waals surface area contributed by atoms with Crippen LogP contribution in [0.4, 0.5) is 22.4 Å². The molecule has 0 aliphatic carbocycles. The van der Waals surface area contributed by atoms with E-state index in [1.807, 2.05) is 69.5 Å². The molecule has 1 N–H and O–H groups in total.